The van der Waals surface area contributed by atoms with Gasteiger partial charge in [0, 0.05) is 22.2 Å². The van der Waals surface area contributed by atoms with Gasteiger partial charge >= 0.3 is 0 Å². The monoisotopic (exact) mass is 438 g/mol. The highest BCUT2D eigenvalue weighted by Gasteiger charge is 2.17. The first-order valence-electron chi connectivity index (χ1n) is 8.19. The lowest BCUT2D eigenvalue weighted by Gasteiger charge is -2.09. The number of carbonyl (C=O) groups excluding carboxylic acids is 1. The highest BCUT2D eigenvalue weighted by molar-refractivity contribution is 7.89. The molecular formula is C19H16Cl2N2O4S. The van der Waals surface area contributed by atoms with Crippen molar-refractivity contribution in [2.45, 2.75) is 18.0 Å². The Labute approximate surface area is 172 Å². The van der Waals surface area contributed by atoms with E-state index in [0.29, 0.717) is 21.4 Å². The Morgan fingerprint density at radius 2 is 1.82 bits per heavy atom. The molecule has 0 spiro atoms. The Kier molecular flexibility index (Phi) is 6.41. The zero-order valence-corrected chi connectivity index (χ0v) is 16.8. The van der Waals surface area contributed by atoms with E-state index in [-0.39, 0.29) is 23.5 Å². The minimum absolute atomic E-state index is 0.0147. The van der Waals surface area contributed by atoms with Gasteiger partial charge < -0.3 is 9.73 Å². The molecule has 3 rings (SSSR count). The second-order valence-corrected chi connectivity index (χ2v) is 8.46. The van der Waals surface area contributed by atoms with Gasteiger partial charge in [0.2, 0.25) is 10.0 Å². The van der Waals surface area contributed by atoms with Gasteiger partial charge in [0.15, 0.2) is 0 Å². The topological polar surface area (TPSA) is 88.4 Å². The third kappa shape index (κ3) is 5.14. The molecule has 0 atom stereocenters. The van der Waals surface area contributed by atoms with Crippen molar-refractivity contribution in [1.82, 2.24) is 10.0 Å². The third-order valence-corrected chi connectivity index (χ3v) is 5.86. The Bertz CT molecular complexity index is 1080. The van der Waals surface area contributed by atoms with Crippen molar-refractivity contribution < 1.29 is 17.6 Å². The van der Waals surface area contributed by atoms with Crippen molar-refractivity contribution in [3.05, 3.63) is 87.8 Å². The number of halogens is 2. The molecule has 0 bridgehead atoms. The van der Waals surface area contributed by atoms with Crippen molar-refractivity contribution in [2.24, 2.45) is 0 Å². The van der Waals surface area contributed by atoms with Crippen LogP contribution in [0.15, 0.2) is 70.2 Å². The molecular weight excluding hydrogens is 423 g/mol. The summed E-state index contributed by atoms with van der Waals surface area (Å²) in [5.41, 5.74) is 0.911. The molecule has 0 aliphatic heterocycles. The van der Waals surface area contributed by atoms with Gasteiger partial charge in [0.05, 0.1) is 17.7 Å². The Morgan fingerprint density at radius 1 is 1.00 bits per heavy atom. The van der Waals surface area contributed by atoms with Crippen LogP contribution in [-0.2, 0) is 23.1 Å². The second kappa shape index (κ2) is 8.79. The summed E-state index contributed by atoms with van der Waals surface area (Å²) in [7, 11) is -3.80. The number of rotatable bonds is 7. The smallest absolute Gasteiger partial charge is 0.251 e. The average Bonchev–Trinajstić information content (AvgIpc) is 3.19. The van der Waals surface area contributed by atoms with Crippen LogP contribution < -0.4 is 10.0 Å². The molecule has 0 aliphatic carbocycles. The normalized spacial score (nSPS) is 11.4. The van der Waals surface area contributed by atoms with Crippen LogP contribution in [-0.4, -0.2) is 14.3 Å². The summed E-state index contributed by atoms with van der Waals surface area (Å²) in [5.74, 6) is 0.0615. The van der Waals surface area contributed by atoms with Crippen molar-refractivity contribution in [3.8, 4) is 0 Å². The minimum atomic E-state index is -3.80. The first kappa shape index (κ1) is 20.4. The number of furan rings is 1. The van der Waals surface area contributed by atoms with Crippen molar-refractivity contribution in [1.29, 1.82) is 0 Å². The lowest BCUT2D eigenvalue weighted by molar-refractivity contribution is 0.0950. The fraction of sp³-hybridized carbons (Fsp3) is 0.105. The summed E-state index contributed by atoms with van der Waals surface area (Å²) in [4.78, 5) is 12.4. The van der Waals surface area contributed by atoms with E-state index >= 15 is 0 Å². The van der Waals surface area contributed by atoms with Gasteiger partial charge in [-0.2, -0.15) is 0 Å². The van der Waals surface area contributed by atoms with E-state index in [1.807, 2.05) is 0 Å². The molecule has 0 saturated heterocycles. The van der Waals surface area contributed by atoms with Gasteiger partial charge in [0.25, 0.3) is 5.91 Å². The zero-order chi connectivity index (χ0) is 20.1. The van der Waals surface area contributed by atoms with Gasteiger partial charge in [-0.3, -0.25) is 4.79 Å². The lowest BCUT2D eigenvalue weighted by atomic mass is 10.2. The standard InChI is InChI=1S/C19H16Cl2N2O4S/c20-15-7-6-14(18(21)10-15)11-22-19(24)13-3-1-5-17(9-13)28(25,26)23-12-16-4-2-8-27-16/h1-10,23H,11-12H2,(H,22,24). The summed E-state index contributed by atoms with van der Waals surface area (Å²) in [6.45, 7) is 0.198. The number of carbonyl (C=O) groups is 1. The van der Waals surface area contributed by atoms with Crippen molar-refractivity contribution in [2.75, 3.05) is 0 Å². The molecule has 1 aromatic heterocycles. The average molecular weight is 439 g/mol. The maximum absolute atomic E-state index is 12.4. The molecule has 146 valence electrons. The number of benzene rings is 2. The maximum atomic E-state index is 12.4. The van der Waals surface area contributed by atoms with E-state index in [4.69, 9.17) is 27.6 Å². The summed E-state index contributed by atoms with van der Waals surface area (Å²) < 4.78 is 32.4. The minimum Gasteiger partial charge on any atom is -0.468 e. The van der Waals surface area contributed by atoms with Gasteiger partial charge in [-0.25, -0.2) is 13.1 Å². The zero-order valence-electron chi connectivity index (χ0n) is 14.5. The van der Waals surface area contributed by atoms with E-state index in [1.54, 1.807) is 30.3 Å². The van der Waals surface area contributed by atoms with E-state index in [0.717, 1.165) is 0 Å². The molecule has 3 aromatic rings. The highest BCUT2D eigenvalue weighted by atomic mass is 35.5. The maximum Gasteiger partial charge on any atom is 0.251 e. The van der Waals surface area contributed by atoms with E-state index in [2.05, 4.69) is 10.0 Å². The molecule has 28 heavy (non-hydrogen) atoms. The Balaban J connectivity index is 1.68. The Hall–Kier alpha value is -2.32. The molecule has 6 nitrogen and oxygen atoms in total. The van der Waals surface area contributed by atoms with E-state index in [1.165, 1.54) is 30.5 Å². The number of hydrogen-bond acceptors (Lipinski definition) is 4. The van der Waals surface area contributed by atoms with Crippen LogP contribution in [0, 0.1) is 0 Å². The molecule has 1 amide bonds. The summed E-state index contributed by atoms with van der Waals surface area (Å²) >= 11 is 11.9. The Morgan fingerprint density at radius 3 is 2.54 bits per heavy atom. The molecule has 0 unspecified atom stereocenters. The predicted molar refractivity (Wildman–Crippen MR) is 107 cm³/mol. The van der Waals surface area contributed by atoms with Gasteiger partial charge in [-0.1, -0.05) is 35.3 Å². The van der Waals surface area contributed by atoms with Crippen LogP contribution in [0.3, 0.4) is 0 Å². The van der Waals surface area contributed by atoms with Crippen LogP contribution in [0.25, 0.3) is 0 Å². The SMILES string of the molecule is O=C(NCc1ccc(Cl)cc1Cl)c1cccc(S(=O)(=O)NCc2ccco2)c1. The quantitative estimate of drug-likeness (QED) is 0.583. The van der Waals surface area contributed by atoms with Gasteiger partial charge in [-0.05, 0) is 48.0 Å². The summed E-state index contributed by atoms with van der Waals surface area (Å²) in [6.07, 6.45) is 1.46. The van der Waals surface area contributed by atoms with Crippen LogP contribution in [0.1, 0.15) is 21.7 Å². The second-order valence-electron chi connectivity index (χ2n) is 5.85. The van der Waals surface area contributed by atoms with Crippen LogP contribution in [0.2, 0.25) is 10.0 Å². The molecule has 1 heterocycles. The molecule has 2 N–H and O–H groups in total. The first-order chi connectivity index (χ1) is 13.3. The summed E-state index contributed by atoms with van der Waals surface area (Å²) in [5, 5.41) is 3.65. The fourth-order valence-corrected chi connectivity index (χ4v) is 3.92. The molecule has 9 heteroatoms. The van der Waals surface area contributed by atoms with E-state index in [9.17, 15) is 13.2 Å². The van der Waals surface area contributed by atoms with Crippen molar-refractivity contribution >= 4 is 39.1 Å². The van der Waals surface area contributed by atoms with Crippen molar-refractivity contribution in [3.63, 3.8) is 0 Å². The molecule has 0 aliphatic rings. The van der Waals surface area contributed by atoms with Crippen LogP contribution >= 0.6 is 23.2 Å². The summed E-state index contributed by atoms with van der Waals surface area (Å²) in [6, 6.07) is 14.1. The highest BCUT2D eigenvalue weighted by Crippen LogP contribution is 2.21. The number of hydrogen-bond donors (Lipinski definition) is 2. The number of amides is 1. The largest absolute Gasteiger partial charge is 0.468 e. The van der Waals surface area contributed by atoms with E-state index < -0.39 is 15.9 Å². The molecule has 0 radical (unpaired) electrons. The van der Waals surface area contributed by atoms with Gasteiger partial charge in [0.1, 0.15) is 5.76 Å². The number of sulfonamides is 1. The molecule has 2 aromatic carbocycles. The lowest BCUT2D eigenvalue weighted by Crippen LogP contribution is -2.25. The predicted octanol–water partition coefficient (Wildman–Crippen LogP) is 3.99. The van der Waals surface area contributed by atoms with Crippen LogP contribution in [0.4, 0.5) is 0 Å². The number of nitrogens with one attached hydrogen (secondary N) is 2. The first-order valence-corrected chi connectivity index (χ1v) is 10.4. The molecule has 0 saturated carbocycles. The fourth-order valence-electron chi connectivity index (χ4n) is 2.41. The van der Waals surface area contributed by atoms with Crippen LogP contribution in [0.5, 0.6) is 0 Å². The molecule has 0 fully saturated rings. The van der Waals surface area contributed by atoms with Gasteiger partial charge in [-0.15, -0.1) is 0 Å². The third-order valence-electron chi connectivity index (χ3n) is 3.88.